The Balaban J connectivity index is 1.84. The van der Waals surface area contributed by atoms with Gasteiger partial charge < -0.3 is 4.74 Å². The first-order valence-electron chi connectivity index (χ1n) is 8.40. The lowest BCUT2D eigenvalue weighted by Gasteiger charge is -2.12. The fourth-order valence-corrected chi connectivity index (χ4v) is 4.09. The molecule has 4 nitrogen and oxygen atoms in total. The Bertz CT molecular complexity index is 899. The molecule has 3 rings (SSSR count). The first-order valence-corrected chi connectivity index (χ1v) is 11.1. The monoisotopic (exact) mass is 557 g/mol. The number of amides is 2. The van der Waals surface area contributed by atoms with Gasteiger partial charge in [-0.25, -0.2) is 0 Å². The van der Waals surface area contributed by atoms with Gasteiger partial charge in [0.15, 0.2) is 0 Å². The molecule has 2 aromatic carbocycles. The predicted octanol–water partition coefficient (Wildman–Crippen LogP) is 6.08. The van der Waals surface area contributed by atoms with Crippen LogP contribution in [0.2, 0.25) is 0 Å². The summed E-state index contributed by atoms with van der Waals surface area (Å²) in [7, 11) is 0. The van der Waals surface area contributed by atoms with Crippen molar-refractivity contribution in [1.82, 2.24) is 4.90 Å². The number of benzene rings is 2. The Morgan fingerprint density at radius 2 is 1.93 bits per heavy atom. The minimum Gasteiger partial charge on any atom is -0.493 e. The molecule has 0 aromatic heterocycles. The highest BCUT2D eigenvalue weighted by Gasteiger charge is 2.35. The van der Waals surface area contributed by atoms with Gasteiger partial charge in [0.1, 0.15) is 5.75 Å². The van der Waals surface area contributed by atoms with Crippen molar-refractivity contribution >= 4 is 67.5 Å². The number of nitrogens with zero attached hydrogens (tertiary/aromatic N) is 1. The number of hydrogen-bond acceptors (Lipinski definition) is 4. The van der Waals surface area contributed by atoms with E-state index in [9.17, 15) is 9.59 Å². The summed E-state index contributed by atoms with van der Waals surface area (Å²) in [6.45, 7) is 2.90. The van der Waals surface area contributed by atoms with Crippen LogP contribution in [-0.2, 0) is 11.3 Å². The number of thioether (sulfide) groups is 1. The number of hydrogen-bond donors (Lipinski definition) is 0. The smallest absolute Gasteiger partial charge is 0.293 e. The number of ether oxygens (including phenoxy) is 1. The molecule has 2 aromatic rings. The van der Waals surface area contributed by atoms with E-state index in [0.717, 1.165) is 37.4 Å². The summed E-state index contributed by atoms with van der Waals surface area (Å²) < 4.78 is 7.76. The van der Waals surface area contributed by atoms with E-state index < -0.39 is 0 Å². The van der Waals surface area contributed by atoms with Crippen molar-refractivity contribution in [3.63, 3.8) is 0 Å². The maximum absolute atomic E-state index is 12.8. The SMILES string of the molecule is CCCOc1ccc(Br)cc1/C=C1/SC(=O)N(Cc2ccc(I)cc2)C1=O. The second-order valence-electron chi connectivity index (χ2n) is 5.92. The third kappa shape index (κ3) is 5.14. The van der Waals surface area contributed by atoms with Crippen molar-refractivity contribution in [1.29, 1.82) is 0 Å². The molecule has 0 aliphatic carbocycles. The second-order valence-corrected chi connectivity index (χ2v) is 9.08. The van der Waals surface area contributed by atoms with Gasteiger partial charge >= 0.3 is 0 Å². The summed E-state index contributed by atoms with van der Waals surface area (Å²) in [5.41, 5.74) is 1.70. The van der Waals surface area contributed by atoms with E-state index in [0.29, 0.717) is 17.3 Å². The van der Waals surface area contributed by atoms with Crippen LogP contribution in [0.3, 0.4) is 0 Å². The minimum absolute atomic E-state index is 0.254. The number of rotatable bonds is 6. The lowest BCUT2D eigenvalue weighted by Crippen LogP contribution is -2.27. The molecule has 0 unspecified atom stereocenters. The van der Waals surface area contributed by atoms with Crippen LogP contribution in [0.4, 0.5) is 4.79 Å². The summed E-state index contributed by atoms with van der Waals surface area (Å²) in [6, 6.07) is 13.4. The van der Waals surface area contributed by atoms with E-state index in [1.807, 2.05) is 49.4 Å². The van der Waals surface area contributed by atoms with E-state index in [-0.39, 0.29) is 17.7 Å². The van der Waals surface area contributed by atoms with Gasteiger partial charge in [-0.2, -0.15) is 0 Å². The van der Waals surface area contributed by atoms with Crippen molar-refractivity contribution in [2.45, 2.75) is 19.9 Å². The lowest BCUT2D eigenvalue weighted by molar-refractivity contribution is -0.123. The molecule has 7 heteroatoms. The third-order valence-electron chi connectivity index (χ3n) is 3.85. The Hall–Kier alpha value is -1.32. The van der Waals surface area contributed by atoms with Crippen LogP contribution < -0.4 is 4.74 Å². The highest BCUT2D eigenvalue weighted by Crippen LogP contribution is 2.35. The lowest BCUT2D eigenvalue weighted by atomic mass is 10.1. The molecule has 1 aliphatic heterocycles. The standard InChI is InChI=1S/C20H17BrINO3S/c1-2-9-26-17-8-5-15(21)10-14(17)11-18-19(24)23(20(25)27-18)12-13-3-6-16(22)7-4-13/h3-8,10-11H,2,9,12H2,1H3/b18-11+. The number of carbonyl (C=O) groups is 2. The first-order chi connectivity index (χ1) is 13.0. The Morgan fingerprint density at radius 3 is 2.63 bits per heavy atom. The summed E-state index contributed by atoms with van der Waals surface area (Å²) in [6.07, 6.45) is 2.62. The van der Waals surface area contributed by atoms with Crippen molar-refractivity contribution < 1.29 is 14.3 Å². The summed E-state index contributed by atoms with van der Waals surface area (Å²) in [4.78, 5) is 26.8. The number of carbonyl (C=O) groups excluding carboxylic acids is 2. The maximum atomic E-state index is 12.8. The van der Waals surface area contributed by atoms with E-state index in [2.05, 4.69) is 38.5 Å². The van der Waals surface area contributed by atoms with Crippen molar-refractivity contribution in [2.24, 2.45) is 0 Å². The van der Waals surface area contributed by atoms with Crippen LogP contribution in [0.15, 0.2) is 51.8 Å². The molecule has 2 amide bonds. The zero-order chi connectivity index (χ0) is 19.4. The van der Waals surface area contributed by atoms with E-state index in [1.165, 1.54) is 4.90 Å². The summed E-state index contributed by atoms with van der Waals surface area (Å²) in [5, 5.41) is -0.254. The minimum atomic E-state index is -0.273. The van der Waals surface area contributed by atoms with Crippen LogP contribution in [0.5, 0.6) is 5.75 Å². The fraction of sp³-hybridized carbons (Fsp3) is 0.200. The van der Waals surface area contributed by atoms with Gasteiger partial charge in [0.05, 0.1) is 18.1 Å². The second kappa shape index (κ2) is 9.25. The van der Waals surface area contributed by atoms with Crippen LogP contribution in [-0.4, -0.2) is 22.7 Å². The highest BCUT2D eigenvalue weighted by atomic mass is 127. The van der Waals surface area contributed by atoms with Crippen LogP contribution in [0, 0.1) is 3.57 Å². The zero-order valence-corrected chi connectivity index (χ0v) is 19.1. The largest absolute Gasteiger partial charge is 0.493 e. The molecular formula is C20H17BrINO3S. The van der Waals surface area contributed by atoms with Gasteiger partial charge in [0, 0.05) is 13.6 Å². The molecule has 0 spiro atoms. The van der Waals surface area contributed by atoms with Gasteiger partial charge in [-0.3, -0.25) is 14.5 Å². The molecule has 0 atom stereocenters. The van der Waals surface area contributed by atoms with Gasteiger partial charge in [0.25, 0.3) is 11.1 Å². The van der Waals surface area contributed by atoms with Gasteiger partial charge in [-0.05, 0) is 82.7 Å². The molecule has 1 aliphatic rings. The number of halogens is 2. The van der Waals surface area contributed by atoms with Crippen LogP contribution in [0.25, 0.3) is 6.08 Å². The fourth-order valence-electron chi connectivity index (χ4n) is 2.53. The highest BCUT2D eigenvalue weighted by molar-refractivity contribution is 14.1. The zero-order valence-electron chi connectivity index (χ0n) is 14.6. The molecule has 140 valence electrons. The Morgan fingerprint density at radius 1 is 1.19 bits per heavy atom. The van der Waals surface area contributed by atoms with Crippen molar-refractivity contribution in [3.8, 4) is 5.75 Å². The predicted molar refractivity (Wildman–Crippen MR) is 121 cm³/mol. The summed E-state index contributed by atoms with van der Waals surface area (Å²) >= 11 is 6.64. The van der Waals surface area contributed by atoms with E-state index in [4.69, 9.17) is 4.74 Å². The molecule has 1 heterocycles. The van der Waals surface area contributed by atoms with Gasteiger partial charge in [0.2, 0.25) is 0 Å². The first kappa shape index (κ1) is 20.4. The molecular weight excluding hydrogens is 541 g/mol. The van der Waals surface area contributed by atoms with Crippen molar-refractivity contribution in [2.75, 3.05) is 6.61 Å². The molecule has 1 saturated heterocycles. The Labute approximate surface area is 184 Å². The molecule has 0 N–H and O–H groups in total. The number of imide groups is 1. The molecule has 0 saturated carbocycles. The third-order valence-corrected chi connectivity index (χ3v) is 5.97. The molecule has 1 fully saturated rings. The maximum Gasteiger partial charge on any atom is 0.293 e. The topological polar surface area (TPSA) is 46.6 Å². The molecule has 0 bridgehead atoms. The van der Waals surface area contributed by atoms with Gasteiger partial charge in [-0.15, -0.1) is 0 Å². The van der Waals surface area contributed by atoms with Crippen LogP contribution in [0.1, 0.15) is 24.5 Å². The van der Waals surface area contributed by atoms with E-state index in [1.54, 1.807) is 6.08 Å². The average molecular weight is 558 g/mol. The average Bonchev–Trinajstić information content (AvgIpc) is 2.90. The van der Waals surface area contributed by atoms with Crippen LogP contribution >= 0.6 is 50.3 Å². The van der Waals surface area contributed by atoms with Crippen molar-refractivity contribution in [3.05, 3.63) is 66.5 Å². The Kier molecular flexibility index (Phi) is 6.99. The summed E-state index contributed by atoms with van der Waals surface area (Å²) in [5.74, 6) is 0.425. The normalized spacial score (nSPS) is 15.7. The quantitative estimate of drug-likeness (QED) is 0.319. The van der Waals surface area contributed by atoms with E-state index >= 15 is 0 Å². The van der Waals surface area contributed by atoms with Gasteiger partial charge in [-0.1, -0.05) is 35.0 Å². The molecule has 0 radical (unpaired) electrons. The molecule has 27 heavy (non-hydrogen) atoms.